The molecule has 0 saturated heterocycles. The highest BCUT2D eigenvalue weighted by atomic mass is 16.5. The van der Waals surface area contributed by atoms with E-state index in [1.165, 1.54) is 12.3 Å². The zero-order valence-electron chi connectivity index (χ0n) is 18.3. The molecular formula is C25H26N2O5. The van der Waals surface area contributed by atoms with E-state index in [9.17, 15) is 9.59 Å². The fraction of sp³-hybridized carbons (Fsp3) is 0.200. The maximum Gasteiger partial charge on any atom is 0.268 e. The van der Waals surface area contributed by atoms with E-state index in [1.807, 2.05) is 26.0 Å². The van der Waals surface area contributed by atoms with Crippen LogP contribution < -0.4 is 20.1 Å². The molecule has 0 saturated carbocycles. The molecule has 0 aliphatic carbocycles. The Kier molecular flexibility index (Phi) is 7.70. The molecule has 1 unspecified atom stereocenters. The molecule has 2 amide bonds. The number of amides is 2. The van der Waals surface area contributed by atoms with Crippen molar-refractivity contribution >= 4 is 17.9 Å². The normalized spacial score (nSPS) is 12.0. The number of methoxy groups -OCH3 is 1. The van der Waals surface area contributed by atoms with Crippen molar-refractivity contribution in [1.29, 1.82) is 0 Å². The fourth-order valence-corrected chi connectivity index (χ4v) is 2.81. The van der Waals surface area contributed by atoms with E-state index < -0.39 is 5.91 Å². The Labute approximate surface area is 187 Å². The molecule has 2 N–H and O–H groups in total. The van der Waals surface area contributed by atoms with Crippen molar-refractivity contribution < 1.29 is 23.5 Å². The van der Waals surface area contributed by atoms with Crippen LogP contribution in [-0.4, -0.2) is 31.6 Å². The van der Waals surface area contributed by atoms with Crippen molar-refractivity contribution in [3.05, 3.63) is 89.5 Å². The van der Waals surface area contributed by atoms with Gasteiger partial charge in [0.25, 0.3) is 11.8 Å². The summed E-state index contributed by atoms with van der Waals surface area (Å²) in [6.07, 6.45) is 2.98. The van der Waals surface area contributed by atoms with Gasteiger partial charge in [0, 0.05) is 11.6 Å². The molecule has 0 aliphatic heterocycles. The average Bonchev–Trinajstić information content (AvgIpc) is 3.31. The topological polar surface area (TPSA) is 89.8 Å². The van der Waals surface area contributed by atoms with E-state index in [1.54, 1.807) is 55.6 Å². The molecule has 0 radical (unpaired) electrons. The third-order valence-corrected chi connectivity index (χ3v) is 4.57. The quantitative estimate of drug-likeness (QED) is 0.498. The lowest BCUT2D eigenvalue weighted by Crippen LogP contribution is -2.41. The Hall–Kier alpha value is -4.00. The van der Waals surface area contributed by atoms with E-state index in [-0.39, 0.29) is 24.3 Å². The molecule has 32 heavy (non-hydrogen) atoms. The Morgan fingerprint density at radius 1 is 1.03 bits per heavy atom. The summed E-state index contributed by atoms with van der Waals surface area (Å²) in [5.41, 5.74) is 1.56. The van der Waals surface area contributed by atoms with E-state index >= 15 is 0 Å². The zero-order valence-corrected chi connectivity index (χ0v) is 18.3. The molecule has 3 aromatic rings. The van der Waals surface area contributed by atoms with Gasteiger partial charge in [0.15, 0.2) is 0 Å². The number of aryl methyl sites for hydroxylation is 1. The minimum Gasteiger partial charge on any atom is -0.497 e. The smallest absolute Gasteiger partial charge is 0.268 e. The number of rotatable bonds is 9. The maximum absolute atomic E-state index is 12.9. The maximum atomic E-state index is 12.9. The first-order valence-electron chi connectivity index (χ1n) is 10.2. The predicted molar refractivity (Wildman–Crippen MR) is 121 cm³/mol. The van der Waals surface area contributed by atoms with E-state index in [2.05, 4.69) is 10.6 Å². The van der Waals surface area contributed by atoms with Crippen molar-refractivity contribution in [2.45, 2.75) is 19.9 Å². The molecule has 7 nitrogen and oxygen atoms in total. The van der Waals surface area contributed by atoms with Gasteiger partial charge in [0.2, 0.25) is 0 Å². The highest BCUT2D eigenvalue weighted by molar-refractivity contribution is 6.05. The molecular weight excluding hydrogens is 408 g/mol. The van der Waals surface area contributed by atoms with Crippen molar-refractivity contribution in [3.8, 4) is 11.5 Å². The van der Waals surface area contributed by atoms with E-state index in [4.69, 9.17) is 13.9 Å². The Morgan fingerprint density at radius 3 is 2.34 bits per heavy atom. The molecule has 0 aliphatic rings. The number of hydrogen-bond donors (Lipinski definition) is 2. The molecule has 0 bridgehead atoms. The van der Waals surface area contributed by atoms with Crippen LogP contribution in [0.5, 0.6) is 11.5 Å². The van der Waals surface area contributed by atoms with Crippen LogP contribution in [0.3, 0.4) is 0 Å². The van der Waals surface area contributed by atoms with Gasteiger partial charge in [0.1, 0.15) is 29.6 Å². The summed E-state index contributed by atoms with van der Waals surface area (Å²) in [5, 5.41) is 5.52. The molecule has 3 rings (SSSR count). The fourth-order valence-electron chi connectivity index (χ4n) is 2.81. The lowest BCUT2D eigenvalue weighted by molar-refractivity contribution is -0.118. The van der Waals surface area contributed by atoms with Crippen molar-refractivity contribution in [2.75, 3.05) is 13.7 Å². The Morgan fingerprint density at radius 2 is 1.72 bits per heavy atom. The molecule has 7 heteroatoms. The Bertz CT molecular complexity index is 1050. The first-order valence-corrected chi connectivity index (χ1v) is 10.2. The number of carbonyl (C=O) groups is 2. The number of furan rings is 1. The number of nitrogens with one attached hydrogen (secondary N) is 2. The molecule has 2 aromatic carbocycles. The van der Waals surface area contributed by atoms with Gasteiger partial charge < -0.3 is 24.5 Å². The van der Waals surface area contributed by atoms with Crippen LogP contribution in [0.2, 0.25) is 0 Å². The number of benzene rings is 2. The zero-order chi connectivity index (χ0) is 22.9. The molecule has 166 valence electrons. The monoisotopic (exact) mass is 434 g/mol. The highest BCUT2D eigenvalue weighted by Crippen LogP contribution is 2.17. The van der Waals surface area contributed by atoms with Crippen LogP contribution in [0.1, 0.15) is 28.6 Å². The van der Waals surface area contributed by atoms with Crippen molar-refractivity contribution in [3.63, 3.8) is 0 Å². The third kappa shape index (κ3) is 6.50. The molecule has 1 atom stereocenters. The minimum atomic E-state index is -0.451. The lowest BCUT2D eigenvalue weighted by atomic mass is 10.1. The summed E-state index contributed by atoms with van der Waals surface area (Å²) in [6, 6.07) is 17.3. The molecule has 1 aromatic heterocycles. The van der Waals surface area contributed by atoms with Crippen molar-refractivity contribution in [2.24, 2.45) is 0 Å². The van der Waals surface area contributed by atoms with Crippen LogP contribution in [0, 0.1) is 6.92 Å². The van der Waals surface area contributed by atoms with Crippen LogP contribution in [0.25, 0.3) is 6.08 Å². The van der Waals surface area contributed by atoms with Crippen LogP contribution in [-0.2, 0) is 4.79 Å². The summed E-state index contributed by atoms with van der Waals surface area (Å²) in [4.78, 5) is 25.5. The van der Waals surface area contributed by atoms with Gasteiger partial charge in [-0.15, -0.1) is 0 Å². The summed E-state index contributed by atoms with van der Waals surface area (Å²) in [5.74, 6) is 0.996. The number of ether oxygens (including phenoxy) is 2. The third-order valence-electron chi connectivity index (χ3n) is 4.57. The minimum absolute atomic E-state index is 0.0711. The summed E-state index contributed by atoms with van der Waals surface area (Å²) in [6.45, 7) is 4.00. The number of hydrogen-bond acceptors (Lipinski definition) is 5. The number of carbonyl (C=O) groups excluding carboxylic acids is 2. The van der Waals surface area contributed by atoms with Crippen LogP contribution in [0.4, 0.5) is 0 Å². The predicted octanol–water partition coefficient (Wildman–Crippen LogP) is 3.95. The summed E-state index contributed by atoms with van der Waals surface area (Å²) < 4.78 is 16.1. The van der Waals surface area contributed by atoms with E-state index in [0.29, 0.717) is 17.1 Å². The second-order valence-corrected chi connectivity index (χ2v) is 7.25. The summed E-state index contributed by atoms with van der Waals surface area (Å²) >= 11 is 0. The largest absolute Gasteiger partial charge is 0.497 e. The van der Waals surface area contributed by atoms with Gasteiger partial charge in [-0.05, 0) is 62.4 Å². The SMILES string of the molecule is COc1ccc(OCC(C)NC(=O)/C(=C/c2ccco2)NC(=O)c2ccc(C)cc2)cc1. The van der Waals surface area contributed by atoms with Gasteiger partial charge in [-0.2, -0.15) is 0 Å². The van der Waals surface area contributed by atoms with E-state index in [0.717, 1.165) is 11.3 Å². The second kappa shape index (κ2) is 10.9. The van der Waals surface area contributed by atoms with Crippen LogP contribution >= 0.6 is 0 Å². The van der Waals surface area contributed by atoms with Gasteiger partial charge in [-0.1, -0.05) is 17.7 Å². The molecule has 0 fully saturated rings. The van der Waals surface area contributed by atoms with Gasteiger partial charge in [-0.25, -0.2) is 0 Å². The second-order valence-electron chi connectivity index (χ2n) is 7.25. The van der Waals surface area contributed by atoms with Crippen molar-refractivity contribution in [1.82, 2.24) is 10.6 Å². The molecule has 0 spiro atoms. The lowest BCUT2D eigenvalue weighted by Gasteiger charge is -2.17. The van der Waals surface area contributed by atoms with Gasteiger partial charge >= 0.3 is 0 Å². The first kappa shape index (κ1) is 22.7. The van der Waals surface area contributed by atoms with Gasteiger partial charge in [0.05, 0.1) is 19.4 Å². The molecule has 1 heterocycles. The first-order chi connectivity index (χ1) is 15.4. The highest BCUT2D eigenvalue weighted by Gasteiger charge is 2.17. The van der Waals surface area contributed by atoms with Gasteiger partial charge in [-0.3, -0.25) is 9.59 Å². The Balaban J connectivity index is 1.65. The summed E-state index contributed by atoms with van der Waals surface area (Å²) in [7, 11) is 1.60. The standard InChI is InChI=1S/C25H26N2O5/c1-17-6-8-19(9-7-17)24(28)27-23(15-22-5-4-14-31-22)25(29)26-18(2)16-32-21-12-10-20(30-3)11-13-21/h4-15,18H,16H2,1-3H3,(H,26,29)(H,27,28)/b23-15-. The average molecular weight is 434 g/mol. The van der Waals surface area contributed by atoms with Crippen LogP contribution in [0.15, 0.2) is 77.0 Å².